The van der Waals surface area contributed by atoms with Crippen LogP contribution in [0.4, 0.5) is 10.5 Å². The van der Waals surface area contributed by atoms with Gasteiger partial charge in [0.2, 0.25) is 5.91 Å². The van der Waals surface area contributed by atoms with Crippen LogP contribution in [-0.2, 0) is 11.2 Å². The molecule has 7 nitrogen and oxygen atoms in total. The molecule has 0 radical (unpaired) electrons. The van der Waals surface area contributed by atoms with E-state index in [1.165, 1.54) is 17.2 Å². The summed E-state index contributed by atoms with van der Waals surface area (Å²) in [6.45, 7) is 4.80. The highest BCUT2D eigenvalue weighted by molar-refractivity contribution is 6.33. The van der Waals surface area contributed by atoms with Gasteiger partial charge in [0, 0.05) is 36.8 Å². The van der Waals surface area contributed by atoms with Gasteiger partial charge in [-0.3, -0.25) is 9.78 Å². The zero-order chi connectivity index (χ0) is 29.1. The number of pyridine rings is 1. The van der Waals surface area contributed by atoms with E-state index in [0.717, 1.165) is 47.7 Å². The molecule has 1 fully saturated rings. The first-order chi connectivity index (χ1) is 20.5. The average molecular weight is 579 g/mol. The van der Waals surface area contributed by atoms with Gasteiger partial charge in [-0.15, -0.1) is 0 Å². The lowest BCUT2D eigenvalue weighted by atomic mass is 9.90. The fourth-order valence-corrected chi connectivity index (χ4v) is 5.38. The van der Waals surface area contributed by atoms with Crippen molar-refractivity contribution in [3.05, 3.63) is 113 Å². The van der Waals surface area contributed by atoms with Crippen LogP contribution in [0.1, 0.15) is 36.0 Å². The molecule has 42 heavy (non-hydrogen) atoms. The van der Waals surface area contributed by atoms with Crippen molar-refractivity contribution >= 4 is 45.7 Å². The van der Waals surface area contributed by atoms with Gasteiger partial charge in [-0.2, -0.15) is 0 Å². The summed E-state index contributed by atoms with van der Waals surface area (Å²) in [5.74, 6) is 1.14. The molecular weight excluding hydrogens is 548 g/mol. The summed E-state index contributed by atoms with van der Waals surface area (Å²) in [4.78, 5) is 30.8. The third kappa shape index (κ3) is 6.31. The molecule has 4 aromatic rings. The summed E-state index contributed by atoms with van der Waals surface area (Å²) in [5.41, 5.74) is 6.02. The molecule has 2 aliphatic rings. The number of nitrogens with zero attached hydrogens (tertiary/aromatic N) is 2. The van der Waals surface area contributed by atoms with E-state index >= 15 is 0 Å². The smallest absolute Gasteiger partial charge is 0.319 e. The lowest BCUT2D eigenvalue weighted by Gasteiger charge is -2.27. The Morgan fingerprint density at radius 3 is 2.64 bits per heavy atom. The molecule has 0 spiro atoms. The van der Waals surface area contributed by atoms with E-state index in [-0.39, 0.29) is 18.0 Å². The molecule has 2 heterocycles. The normalized spacial score (nSPS) is 14.7. The van der Waals surface area contributed by atoms with Crippen LogP contribution in [0.3, 0.4) is 0 Å². The minimum atomic E-state index is -0.263. The molecule has 6 rings (SSSR count). The first-order valence-corrected chi connectivity index (χ1v) is 14.5. The largest absolute Gasteiger partial charge is 0.457 e. The number of aromatic nitrogens is 1. The number of rotatable bonds is 8. The maximum absolute atomic E-state index is 12.2. The van der Waals surface area contributed by atoms with Crippen molar-refractivity contribution in [1.29, 1.82) is 0 Å². The van der Waals surface area contributed by atoms with Gasteiger partial charge >= 0.3 is 6.03 Å². The summed E-state index contributed by atoms with van der Waals surface area (Å²) in [6.07, 6.45) is 8.74. The number of halogens is 1. The van der Waals surface area contributed by atoms with Crippen molar-refractivity contribution in [3.63, 3.8) is 0 Å². The quantitative estimate of drug-likeness (QED) is 0.214. The lowest BCUT2D eigenvalue weighted by Crippen LogP contribution is -2.33. The van der Waals surface area contributed by atoms with Crippen LogP contribution in [0.25, 0.3) is 16.5 Å². The summed E-state index contributed by atoms with van der Waals surface area (Å²) >= 11 is 6.50. The number of anilines is 1. The highest BCUT2D eigenvalue weighted by Gasteiger charge is 2.24. The monoisotopic (exact) mass is 578 g/mol. The maximum atomic E-state index is 12.2. The Bertz CT molecular complexity index is 1700. The van der Waals surface area contributed by atoms with Gasteiger partial charge in [0.05, 0.1) is 16.2 Å². The Balaban J connectivity index is 1.32. The molecule has 1 aliphatic carbocycles. The Morgan fingerprint density at radius 1 is 1.10 bits per heavy atom. The van der Waals surface area contributed by atoms with Gasteiger partial charge in [0.15, 0.2) is 0 Å². The van der Waals surface area contributed by atoms with Crippen molar-refractivity contribution < 1.29 is 14.3 Å². The maximum Gasteiger partial charge on any atom is 0.319 e. The summed E-state index contributed by atoms with van der Waals surface area (Å²) in [5, 5.41) is 6.95. The van der Waals surface area contributed by atoms with Crippen LogP contribution in [0.5, 0.6) is 11.5 Å². The molecule has 0 atom stereocenters. The van der Waals surface area contributed by atoms with Gasteiger partial charge in [-0.05, 0) is 84.4 Å². The first-order valence-electron chi connectivity index (χ1n) is 14.1. The second-order valence-corrected chi connectivity index (χ2v) is 11.0. The van der Waals surface area contributed by atoms with Crippen LogP contribution in [-0.4, -0.2) is 41.0 Å². The molecule has 0 unspecified atom stereocenters. The van der Waals surface area contributed by atoms with E-state index in [1.54, 1.807) is 29.3 Å². The van der Waals surface area contributed by atoms with Gasteiger partial charge in [-0.1, -0.05) is 54.6 Å². The highest BCUT2D eigenvalue weighted by atomic mass is 35.5. The number of fused-ring (bicyclic) bond motifs is 1. The predicted molar refractivity (Wildman–Crippen MR) is 167 cm³/mol. The minimum Gasteiger partial charge on any atom is -0.457 e. The van der Waals surface area contributed by atoms with Crippen molar-refractivity contribution in [3.8, 4) is 11.5 Å². The van der Waals surface area contributed by atoms with E-state index in [1.807, 2.05) is 24.3 Å². The molecule has 1 aliphatic heterocycles. The predicted octanol–water partition coefficient (Wildman–Crippen LogP) is 7.36. The fourth-order valence-electron chi connectivity index (χ4n) is 5.16. The van der Waals surface area contributed by atoms with E-state index in [9.17, 15) is 9.59 Å². The summed E-state index contributed by atoms with van der Waals surface area (Å²) in [6, 6.07) is 21.7. The van der Waals surface area contributed by atoms with Crippen LogP contribution < -0.4 is 15.4 Å². The number of nitrogens with one attached hydrogen (secondary N) is 2. The number of hydrogen-bond donors (Lipinski definition) is 2. The second-order valence-electron chi connectivity index (χ2n) is 10.6. The number of hydrogen-bond acceptors (Lipinski definition) is 4. The summed E-state index contributed by atoms with van der Waals surface area (Å²) in [7, 11) is 0. The minimum absolute atomic E-state index is 0.0587. The van der Waals surface area contributed by atoms with E-state index < -0.39 is 0 Å². The molecule has 3 aromatic carbocycles. The number of carbonyl (C=O) groups is 2. The van der Waals surface area contributed by atoms with E-state index in [4.69, 9.17) is 16.3 Å². The number of benzene rings is 3. The standard InChI is InChI=1S/C34H31ClN4O3/c1-2-33(40)39-16-13-23(14-17-39)27-21-28-31(19-24(27)18-22-6-4-3-5-7-22)36-15-12-32(28)42-26-10-11-30(29(35)20-26)38-34(41)37-25-8-9-25/h2-7,10-13,15,19-21,25H,1,8-9,14,16-18H2,(H2,37,38,41). The van der Waals surface area contributed by atoms with E-state index in [0.29, 0.717) is 35.3 Å². The van der Waals surface area contributed by atoms with Crippen LogP contribution in [0, 0.1) is 0 Å². The molecule has 0 bridgehead atoms. The Labute approximate surface area is 249 Å². The fraction of sp³-hybridized carbons (Fsp3) is 0.206. The zero-order valence-corrected chi connectivity index (χ0v) is 23.9. The third-order valence-corrected chi connectivity index (χ3v) is 7.85. The summed E-state index contributed by atoms with van der Waals surface area (Å²) < 4.78 is 6.33. The van der Waals surface area contributed by atoms with Crippen LogP contribution >= 0.6 is 11.6 Å². The Hall–Kier alpha value is -4.62. The van der Waals surface area contributed by atoms with Gasteiger partial charge in [0.1, 0.15) is 11.5 Å². The number of carbonyl (C=O) groups excluding carboxylic acids is 2. The SMILES string of the molecule is C=CC(=O)N1CC=C(c2cc3c(Oc4ccc(NC(=O)NC5CC5)c(Cl)c4)ccnc3cc2Cc2ccccc2)CC1. The van der Waals surface area contributed by atoms with Crippen LogP contribution in [0.15, 0.2) is 91.7 Å². The van der Waals surface area contributed by atoms with E-state index in [2.05, 4.69) is 52.5 Å². The van der Waals surface area contributed by atoms with Crippen molar-refractivity contribution in [1.82, 2.24) is 15.2 Å². The Kier molecular flexibility index (Phi) is 7.93. The van der Waals surface area contributed by atoms with Crippen molar-refractivity contribution in [2.75, 3.05) is 18.4 Å². The molecule has 8 heteroatoms. The molecule has 0 saturated heterocycles. The van der Waals surface area contributed by atoms with Crippen molar-refractivity contribution in [2.24, 2.45) is 0 Å². The first kappa shape index (κ1) is 27.5. The second kappa shape index (κ2) is 12.1. The third-order valence-electron chi connectivity index (χ3n) is 7.53. The number of ether oxygens (including phenoxy) is 1. The number of urea groups is 1. The Morgan fingerprint density at radius 2 is 1.93 bits per heavy atom. The zero-order valence-electron chi connectivity index (χ0n) is 23.1. The van der Waals surface area contributed by atoms with Crippen LogP contribution in [0.2, 0.25) is 5.02 Å². The van der Waals surface area contributed by atoms with Gasteiger partial charge in [-0.25, -0.2) is 4.79 Å². The highest BCUT2D eigenvalue weighted by Crippen LogP contribution is 2.37. The molecule has 1 saturated carbocycles. The molecule has 2 N–H and O–H groups in total. The number of amides is 3. The van der Waals surface area contributed by atoms with Gasteiger partial charge in [0.25, 0.3) is 0 Å². The molecule has 212 valence electrons. The van der Waals surface area contributed by atoms with Gasteiger partial charge < -0.3 is 20.3 Å². The molecule has 3 amide bonds. The lowest BCUT2D eigenvalue weighted by molar-refractivity contribution is -0.125. The molecule has 1 aromatic heterocycles. The topological polar surface area (TPSA) is 83.6 Å². The average Bonchev–Trinajstić information content (AvgIpc) is 3.82. The van der Waals surface area contributed by atoms with Crippen molar-refractivity contribution in [2.45, 2.75) is 31.7 Å². The molecular formula is C34H31ClN4O3.